The molecule has 202 valence electrons. The fraction of sp³-hybridized carbons (Fsp3) is 0.440. The van der Waals surface area contributed by atoms with E-state index in [0.717, 1.165) is 17.7 Å². The molecule has 2 aliphatic rings. The third-order valence-electron chi connectivity index (χ3n) is 6.86. The summed E-state index contributed by atoms with van der Waals surface area (Å²) < 4.78 is 37.7. The van der Waals surface area contributed by atoms with Crippen LogP contribution in [0.15, 0.2) is 30.5 Å². The fourth-order valence-electron chi connectivity index (χ4n) is 4.95. The van der Waals surface area contributed by atoms with Gasteiger partial charge in [0.2, 0.25) is 15.9 Å². The Morgan fingerprint density at radius 2 is 2.08 bits per heavy atom. The van der Waals surface area contributed by atoms with E-state index in [1.165, 1.54) is 6.26 Å². The van der Waals surface area contributed by atoms with Crippen LogP contribution in [0.3, 0.4) is 0 Å². The van der Waals surface area contributed by atoms with Gasteiger partial charge in [-0.25, -0.2) is 18.4 Å². The lowest BCUT2D eigenvalue weighted by molar-refractivity contribution is -0.118. The van der Waals surface area contributed by atoms with Gasteiger partial charge in [-0.1, -0.05) is 11.6 Å². The Balaban J connectivity index is 1.25. The average molecular weight is 561 g/mol. The Hall–Kier alpha value is -3.06. The smallest absolute Gasteiger partial charge is 0.263 e. The molecule has 1 amide bonds. The molecule has 5 rings (SSSR count). The molecule has 5 heterocycles. The number of hydrogen-bond acceptors (Lipinski definition) is 9. The van der Waals surface area contributed by atoms with Gasteiger partial charge in [-0.2, -0.15) is 4.31 Å². The van der Waals surface area contributed by atoms with Crippen molar-refractivity contribution in [2.45, 2.75) is 44.3 Å². The average Bonchev–Trinajstić information content (AvgIpc) is 2.90. The van der Waals surface area contributed by atoms with Gasteiger partial charge in [0, 0.05) is 43.0 Å². The van der Waals surface area contributed by atoms with Crippen LogP contribution >= 0.6 is 11.6 Å². The van der Waals surface area contributed by atoms with Crippen LogP contribution in [0.5, 0.6) is 11.6 Å². The van der Waals surface area contributed by atoms with E-state index in [1.54, 1.807) is 29.7 Å². The zero-order valence-electron chi connectivity index (χ0n) is 21.1. The number of pyridine rings is 3. The maximum absolute atomic E-state index is 12.7. The molecule has 0 radical (unpaired) electrons. The maximum atomic E-state index is 12.7. The zero-order chi connectivity index (χ0) is 26.9. The number of aryl methyl sites for hydroxylation is 1. The number of methoxy groups -OCH3 is 1. The molecular formula is C25H29ClN6O5S. The maximum Gasteiger partial charge on any atom is 0.263 e. The lowest BCUT2D eigenvalue weighted by Crippen LogP contribution is -2.52. The number of carbonyl (C=O) groups excluding carboxylic acids is 1. The molecule has 2 N–H and O–H groups in total. The van der Waals surface area contributed by atoms with E-state index in [0.29, 0.717) is 65.9 Å². The minimum absolute atomic E-state index is 0.0227. The number of sulfonamides is 1. The third kappa shape index (κ3) is 5.83. The first-order valence-electron chi connectivity index (χ1n) is 12.3. The predicted molar refractivity (Wildman–Crippen MR) is 143 cm³/mol. The monoisotopic (exact) mass is 560 g/mol. The Morgan fingerprint density at radius 1 is 1.24 bits per heavy atom. The van der Waals surface area contributed by atoms with Crippen LogP contribution in [0.25, 0.3) is 11.0 Å². The largest absolute Gasteiger partial charge is 0.481 e. The van der Waals surface area contributed by atoms with Gasteiger partial charge in [-0.05, 0) is 43.9 Å². The number of aromatic nitrogens is 3. The molecule has 0 aromatic carbocycles. The van der Waals surface area contributed by atoms with Crippen LogP contribution in [0.2, 0.25) is 5.02 Å². The van der Waals surface area contributed by atoms with Gasteiger partial charge >= 0.3 is 0 Å². The second-order valence-corrected chi connectivity index (χ2v) is 11.8. The molecule has 2 aliphatic heterocycles. The molecule has 0 saturated carbocycles. The van der Waals surface area contributed by atoms with Crippen molar-refractivity contribution in [3.05, 3.63) is 46.7 Å². The number of halogens is 1. The predicted octanol–water partition coefficient (Wildman–Crippen LogP) is 2.53. The van der Waals surface area contributed by atoms with Crippen molar-refractivity contribution in [3.63, 3.8) is 0 Å². The number of rotatable bonds is 8. The van der Waals surface area contributed by atoms with Crippen molar-refractivity contribution < 1.29 is 22.7 Å². The first kappa shape index (κ1) is 26.5. The van der Waals surface area contributed by atoms with Gasteiger partial charge in [-0.15, -0.1) is 0 Å². The molecule has 0 aliphatic carbocycles. The van der Waals surface area contributed by atoms with E-state index in [2.05, 4.69) is 25.6 Å². The molecule has 3 aromatic rings. The van der Waals surface area contributed by atoms with E-state index >= 15 is 0 Å². The summed E-state index contributed by atoms with van der Waals surface area (Å²) in [4.78, 5) is 24.9. The second-order valence-electron chi connectivity index (χ2n) is 9.47. The third-order valence-corrected chi connectivity index (χ3v) is 8.49. The number of piperidine rings is 1. The number of fused-ring (bicyclic) bond motifs is 2. The molecule has 2 atom stereocenters. The van der Waals surface area contributed by atoms with Crippen LogP contribution < -0.4 is 20.1 Å². The van der Waals surface area contributed by atoms with Crippen LogP contribution in [-0.2, 0) is 27.8 Å². The number of carbonyl (C=O) groups is 1. The molecule has 1 fully saturated rings. The summed E-state index contributed by atoms with van der Waals surface area (Å²) in [6, 6.07) is 6.98. The van der Waals surface area contributed by atoms with Crippen molar-refractivity contribution in [2.24, 2.45) is 0 Å². The van der Waals surface area contributed by atoms with Gasteiger partial charge in [0.05, 0.1) is 35.1 Å². The number of hydrogen-bond donors (Lipinski definition) is 2. The molecule has 13 heteroatoms. The number of nitrogens with one attached hydrogen (secondary N) is 2. The lowest BCUT2D eigenvalue weighted by atomic mass is 9.95. The zero-order valence-corrected chi connectivity index (χ0v) is 22.7. The quantitative estimate of drug-likeness (QED) is 0.426. The highest BCUT2D eigenvalue weighted by atomic mass is 35.5. The topological polar surface area (TPSA) is 136 Å². The number of ether oxygens (including phenoxy) is 2. The minimum Gasteiger partial charge on any atom is -0.481 e. The highest BCUT2D eigenvalue weighted by Gasteiger charge is 2.34. The van der Waals surface area contributed by atoms with Gasteiger partial charge in [0.25, 0.3) is 5.91 Å². The highest BCUT2D eigenvalue weighted by molar-refractivity contribution is 7.88. The summed E-state index contributed by atoms with van der Waals surface area (Å²) in [6.45, 7) is 0.762. The number of amides is 1. The van der Waals surface area contributed by atoms with Crippen LogP contribution in [0.4, 0.5) is 5.82 Å². The molecule has 0 bridgehead atoms. The molecule has 38 heavy (non-hydrogen) atoms. The SMILES string of the molecule is COc1ccc2ncc(Cl)c(CC[C@H]3CC[C@H](NCc4ccc5c(n4)NC(=O)CO5)CN3S(C)(=O)=O)c2n1. The van der Waals surface area contributed by atoms with Crippen LogP contribution in [-0.4, -0.2) is 72.2 Å². The summed E-state index contributed by atoms with van der Waals surface area (Å²) >= 11 is 6.50. The van der Waals surface area contributed by atoms with Crippen molar-refractivity contribution in [1.29, 1.82) is 0 Å². The second kappa shape index (κ2) is 11.0. The Labute approximate surface area is 226 Å². The molecule has 3 aromatic heterocycles. The fourth-order valence-corrected chi connectivity index (χ4v) is 6.38. The van der Waals surface area contributed by atoms with E-state index in [-0.39, 0.29) is 24.6 Å². The van der Waals surface area contributed by atoms with Gasteiger partial charge in [0.1, 0.15) is 0 Å². The summed E-state index contributed by atoms with van der Waals surface area (Å²) in [6.07, 6.45) is 5.51. The van der Waals surface area contributed by atoms with E-state index in [1.807, 2.05) is 12.1 Å². The van der Waals surface area contributed by atoms with Crippen LogP contribution in [0.1, 0.15) is 30.5 Å². The molecule has 0 spiro atoms. The number of nitrogens with zero attached hydrogens (tertiary/aromatic N) is 4. The van der Waals surface area contributed by atoms with Gasteiger partial charge in [0.15, 0.2) is 18.2 Å². The molecule has 11 nitrogen and oxygen atoms in total. The Bertz CT molecular complexity index is 1470. The van der Waals surface area contributed by atoms with Crippen molar-refractivity contribution >= 4 is 44.4 Å². The van der Waals surface area contributed by atoms with Crippen molar-refractivity contribution in [2.75, 3.05) is 31.8 Å². The van der Waals surface area contributed by atoms with Gasteiger partial charge < -0.3 is 20.1 Å². The Kier molecular flexibility index (Phi) is 7.66. The number of anilines is 1. The summed E-state index contributed by atoms with van der Waals surface area (Å²) in [7, 11) is -1.89. The lowest BCUT2D eigenvalue weighted by Gasteiger charge is -2.38. The van der Waals surface area contributed by atoms with E-state index in [9.17, 15) is 13.2 Å². The van der Waals surface area contributed by atoms with E-state index in [4.69, 9.17) is 21.1 Å². The summed E-state index contributed by atoms with van der Waals surface area (Å²) in [5.74, 6) is 1.16. The minimum atomic E-state index is -3.44. The first-order valence-corrected chi connectivity index (χ1v) is 14.5. The van der Waals surface area contributed by atoms with Crippen molar-refractivity contribution in [1.82, 2.24) is 24.6 Å². The molecular weight excluding hydrogens is 532 g/mol. The highest BCUT2D eigenvalue weighted by Crippen LogP contribution is 2.30. The summed E-state index contributed by atoms with van der Waals surface area (Å²) in [5, 5.41) is 6.63. The van der Waals surface area contributed by atoms with Crippen LogP contribution in [0, 0.1) is 0 Å². The normalized spacial score (nSPS) is 20.0. The van der Waals surface area contributed by atoms with Gasteiger partial charge in [-0.3, -0.25) is 9.78 Å². The summed E-state index contributed by atoms with van der Waals surface area (Å²) in [5.41, 5.74) is 2.93. The molecule has 1 saturated heterocycles. The Morgan fingerprint density at radius 3 is 2.87 bits per heavy atom. The molecule has 0 unspecified atom stereocenters. The van der Waals surface area contributed by atoms with Crippen molar-refractivity contribution in [3.8, 4) is 11.6 Å². The standard InChI is InChI=1S/C25H29ClN6O5S/c1-36-23-10-8-20-24(31-23)18(19(26)12-28-20)7-6-17-5-3-16(13-32(17)38(2,34)35)27-11-15-4-9-21-25(29-15)30-22(33)14-37-21/h4,8-10,12,16-17,27H,3,5-7,11,13-14H2,1-2H3,(H,29,30,33)/t16-,17+/m0/s1. The first-order chi connectivity index (χ1) is 18.2. The van der Waals surface area contributed by atoms with E-state index < -0.39 is 10.0 Å².